The highest BCUT2D eigenvalue weighted by Gasteiger charge is 2.06. The normalized spacial score (nSPS) is 10.8. The smallest absolute Gasteiger partial charge is 0.165 e. The van der Waals surface area contributed by atoms with Gasteiger partial charge in [0.2, 0.25) is 0 Å². The summed E-state index contributed by atoms with van der Waals surface area (Å²) in [5.74, 6) is -0.101. The number of rotatable bonds is 3. The van der Waals surface area contributed by atoms with Crippen molar-refractivity contribution in [3.63, 3.8) is 0 Å². The van der Waals surface area contributed by atoms with Crippen LogP contribution in [0.3, 0.4) is 0 Å². The van der Waals surface area contributed by atoms with E-state index in [1.165, 1.54) is 6.07 Å². The first kappa shape index (κ1) is 12.1. The predicted octanol–water partition coefficient (Wildman–Crippen LogP) is 4.54. The van der Waals surface area contributed by atoms with Gasteiger partial charge in [0, 0.05) is 27.7 Å². The van der Waals surface area contributed by atoms with Crippen molar-refractivity contribution in [1.82, 2.24) is 4.98 Å². The maximum Gasteiger partial charge on any atom is 0.165 e. The quantitative estimate of drug-likeness (QED) is 0.746. The fraction of sp³-hybridized carbons (Fsp3) is 0.0667. The number of aromatic nitrogens is 1. The summed E-state index contributed by atoms with van der Waals surface area (Å²) in [5, 5.41) is 1.71. The van der Waals surface area contributed by atoms with Crippen LogP contribution in [0.2, 0.25) is 5.02 Å². The number of benzene rings is 2. The second kappa shape index (κ2) is 4.94. The first-order chi connectivity index (χ1) is 9.24. The van der Waals surface area contributed by atoms with Gasteiger partial charge in [-0.25, -0.2) is 4.39 Å². The molecule has 1 N–H and O–H groups in total. The van der Waals surface area contributed by atoms with E-state index < -0.39 is 0 Å². The molecule has 0 saturated carbocycles. The van der Waals surface area contributed by atoms with Gasteiger partial charge in [-0.1, -0.05) is 29.8 Å². The zero-order chi connectivity index (χ0) is 13.2. The summed E-state index contributed by atoms with van der Waals surface area (Å²) in [4.78, 5) is 3.12. The highest BCUT2D eigenvalue weighted by atomic mass is 35.5. The molecule has 3 aromatic rings. The Morgan fingerprint density at radius 3 is 2.84 bits per heavy atom. The van der Waals surface area contributed by atoms with Crippen LogP contribution in [0.5, 0.6) is 5.75 Å². The van der Waals surface area contributed by atoms with E-state index in [-0.39, 0.29) is 11.6 Å². The first-order valence-corrected chi connectivity index (χ1v) is 6.25. The zero-order valence-electron chi connectivity index (χ0n) is 9.99. The molecule has 19 heavy (non-hydrogen) atoms. The molecular weight excluding hydrogens is 265 g/mol. The van der Waals surface area contributed by atoms with Crippen LogP contribution >= 0.6 is 11.6 Å². The highest BCUT2D eigenvalue weighted by molar-refractivity contribution is 6.31. The van der Waals surface area contributed by atoms with E-state index in [4.69, 9.17) is 16.3 Å². The fourth-order valence-electron chi connectivity index (χ4n) is 2.00. The minimum Gasteiger partial charge on any atom is -0.486 e. The topological polar surface area (TPSA) is 25.0 Å². The van der Waals surface area contributed by atoms with Crippen LogP contribution in [0.15, 0.2) is 48.7 Å². The van der Waals surface area contributed by atoms with E-state index in [0.29, 0.717) is 11.6 Å². The molecule has 0 saturated heterocycles. The molecular formula is C15H11ClFNO. The maximum absolute atomic E-state index is 13.4. The van der Waals surface area contributed by atoms with Crippen molar-refractivity contribution in [3.8, 4) is 5.75 Å². The van der Waals surface area contributed by atoms with Gasteiger partial charge in [0.1, 0.15) is 6.61 Å². The van der Waals surface area contributed by atoms with Crippen LogP contribution < -0.4 is 4.74 Å². The molecule has 0 bridgehead atoms. The molecule has 0 spiro atoms. The van der Waals surface area contributed by atoms with Crippen molar-refractivity contribution in [1.29, 1.82) is 0 Å². The van der Waals surface area contributed by atoms with Crippen LogP contribution in [0, 0.1) is 5.82 Å². The van der Waals surface area contributed by atoms with E-state index in [0.717, 1.165) is 16.5 Å². The number of halogens is 2. The summed E-state index contributed by atoms with van der Waals surface area (Å²) < 4.78 is 18.9. The molecule has 0 fully saturated rings. The monoisotopic (exact) mass is 275 g/mol. The van der Waals surface area contributed by atoms with Gasteiger partial charge in [-0.05, 0) is 24.3 Å². The number of hydrogen-bond donors (Lipinski definition) is 1. The molecule has 0 unspecified atom stereocenters. The van der Waals surface area contributed by atoms with Crippen LogP contribution in [0.4, 0.5) is 4.39 Å². The van der Waals surface area contributed by atoms with Crippen molar-refractivity contribution < 1.29 is 9.13 Å². The summed E-state index contributed by atoms with van der Waals surface area (Å²) in [7, 11) is 0. The Morgan fingerprint density at radius 1 is 1.16 bits per heavy atom. The molecule has 0 aliphatic heterocycles. The van der Waals surface area contributed by atoms with Crippen LogP contribution in [0.25, 0.3) is 10.9 Å². The Kier molecular flexibility index (Phi) is 3.13. The maximum atomic E-state index is 13.4. The minimum atomic E-state index is -0.356. The van der Waals surface area contributed by atoms with Crippen molar-refractivity contribution in [2.45, 2.75) is 6.61 Å². The summed E-state index contributed by atoms with van der Waals surface area (Å²) >= 11 is 5.92. The summed E-state index contributed by atoms with van der Waals surface area (Å²) in [6, 6.07) is 12.0. The molecule has 1 heterocycles. The third kappa shape index (κ3) is 2.42. The van der Waals surface area contributed by atoms with Gasteiger partial charge in [-0.2, -0.15) is 0 Å². The zero-order valence-corrected chi connectivity index (χ0v) is 10.7. The molecule has 0 aliphatic rings. The molecule has 4 heteroatoms. The SMILES string of the molecule is Fc1ccccc1OCc1c[nH]c2cc(Cl)ccc12. The molecule has 2 aromatic carbocycles. The lowest BCUT2D eigenvalue weighted by Crippen LogP contribution is -1.96. The van der Waals surface area contributed by atoms with Gasteiger partial charge in [-0.15, -0.1) is 0 Å². The number of para-hydroxylation sites is 1. The van der Waals surface area contributed by atoms with Crippen LogP contribution in [-0.4, -0.2) is 4.98 Å². The van der Waals surface area contributed by atoms with E-state index in [1.54, 1.807) is 18.2 Å². The summed E-state index contributed by atoms with van der Waals surface area (Å²) in [6.07, 6.45) is 1.85. The van der Waals surface area contributed by atoms with Crippen LogP contribution in [0.1, 0.15) is 5.56 Å². The average Bonchev–Trinajstić information content (AvgIpc) is 2.80. The van der Waals surface area contributed by atoms with E-state index in [1.807, 2.05) is 24.4 Å². The molecule has 2 nitrogen and oxygen atoms in total. The summed E-state index contributed by atoms with van der Waals surface area (Å²) in [5.41, 5.74) is 1.91. The third-order valence-electron chi connectivity index (χ3n) is 2.95. The Bertz CT molecular complexity index is 723. The lowest BCUT2D eigenvalue weighted by atomic mass is 10.2. The Labute approximate surface area is 114 Å². The first-order valence-electron chi connectivity index (χ1n) is 5.87. The van der Waals surface area contributed by atoms with Gasteiger partial charge >= 0.3 is 0 Å². The largest absolute Gasteiger partial charge is 0.486 e. The van der Waals surface area contributed by atoms with E-state index in [9.17, 15) is 4.39 Å². The Hall–Kier alpha value is -2.00. The van der Waals surface area contributed by atoms with E-state index >= 15 is 0 Å². The number of hydrogen-bond acceptors (Lipinski definition) is 1. The van der Waals surface area contributed by atoms with Gasteiger partial charge in [0.25, 0.3) is 0 Å². The fourth-order valence-corrected chi connectivity index (χ4v) is 2.17. The molecule has 1 aromatic heterocycles. The van der Waals surface area contributed by atoms with Gasteiger partial charge in [-0.3, -0.25) is 0 Å². The second-order valence-electron chi connectivity index (χ2n) is 4.22. The van der Waals surface area contributed by atoms with Gasteiger partial charge in [0.15, 0.2) is 11.6 Å². The number of aromatic amines is 1. The lowest BCUT2D eigenvalue weighted by molar-refractivity contribution is 0.291. The third-order valence-corrected chi connectivity index (χ3v) is 3.18. The van der Waals surface area contributed by atoms with Gasteiger partial charge < -0.3 is 9.72 Å². The van der Waals surface area contributed by atoms with E-state index in [2.05, 4.69) is 4.98 Å². The molecule has 3 rings (SSSR count). The minimum absolute atomic E-state index is 0.255. The standard InChI is InChI=1S/C15H11ClFNO/c16-11-5-6-12-10(8-18-14(12)7-11)9-19-15-4-2-1-3-13(15)17/h1-8,18H,9H2. The second-order valence-corrected chi connectivity index (χ2v) is 4.66. The van der Waals surface area contributed by atoms with Crippen molar-refractivity contribution in [2.75, 3.05) is 0 Å². The average molecular weight is 276 g/mol. The number of ether oxygens (including phenoxy) is 1. The Morgan fingerprint density at radius 2 is 2.00 bits per heavy atom. The lowest BCUT2D eigenvalue weighted by Gasteiger charge is -2.06. The number of nitrogens with one attached hydrogen (secondary N) is 1. The molecule has 0 amide bonds. The molecule has 0 atom stereocenters. The van der Waals surface area contributed by atoms with Crippen LogP contribution in [-0.2, 0) is 6.61 Å². The predicted molar refractivity (Wildman–Crippen MR) is 74.0 cm³/mol. The summed E-state index contributed by atoms with van der Waals surface area (Å²) in [6.45, 7) is 0.308. The molecule has 0 radical (unpaired) electrons. The van der Waals surface area contributed by atoms with Gasteiger partial charge in [0.05, 0.1) is 0 Å². The highest BCUT2D eigenvalue weighted by Crippen LogP contribution is 2.24. The van der Waals surface area contributed by atoms with Crippen molar-refractivity contribution in [2.24, 2.45) is 0 Å². The Balaban J connectivity index is 1.84. The van der Waals surface area contributed by atoms with Crippen molar-refractivity contribution in [3.05, 3.63) is 65.1 Å². The molecule has 96 valence electrons. The molecule has 0 aliphatic carbocycles. The van der Waals surface area contributed by atoms with Crippen molar-refractivity contribution >= 4 is 22.5 Å². The number of H-pyrrole nitrogens is 1. The number of fused-ring (bicyclic) bond motifs is 1.